The van der Waals surface area contributed by atoms with Gasteiger partial charge in [-0.1, -0.05) is 0 Å². The molecule has 1 aromatic rings. The van der Waals surface area contributed by atoms with E-state index in [1.807, 2.05) is 6.92 Å². The standard InChI is InChI=1S/C11H17N5O/c1-7-5-14-11(13)15-10(7)16-4-2-3-8(6-16)9(12)17/h5,8H,2-4,6H2,1H3,(H2,12,17)(H2,13,14,15). The molecular formula is C11H17N5O. The first-order valence-corrected chi connectivity index (χ1v) is 5.71. The first-order chi connectivity index (χ1) is 8.08. The summed E-state index contributed by atoms with van der Waals surface area (Å²) in [7, 11) is 0. The predicted octanol–water partition coefficient (Wildman–Crippen LogP) is 0.0689. The lowest BCUT2D eigenvalue weighted by molar-refractivity contribution is -0.122. The molecule has 1 aliphatic heterocycles. The van der Waals surface area contributed by atoms with Gasteiger partial charge in [0.05, 0.1) is 5.92 Å². The van der Waals surface area contributed by atoms with Crippen LogP contribution in [0.25, 0.3) is 0 Å². The smallest absolute Gasteiger partial charge is 0.222 e. The van der Waals surface area contributed by atoms with Crippen molar-refractivity contribution < 1.29 is 4.79 Å². The van der Waals surface area contributed by atoms with Gasteiger partial charge in [0.25, 0.3) is 0 Å². The number of rotatable bonds is 2. The molecule has 0 saturated carbocycles. The minimum atomic E-state index is -0.241. The van der Waals surface area contributed by atoms with Crippen molar-refractivity contribution in [3.05, 3.63) is 11.8 Å². The Bertz CT molecular complexity index is 434. The quantitative estimate of drug-likeness (QED) is 0.755. The van der Waals surface area contributed by atoms with Crippen molar-refractivity contribution in [1.29, 1.82) is 0 Å². The minimum absolute atomic E-state index is 0.0978. The zero-order valence-corrected chi connectivity index (χ0v) is 9.89. The number of primary amides is 1. The monoisotopic (exact) mass is 235 g/mol. The van der Waals surface area contributed by atoms with Crippen LogP contribution < -0.4 is 16.4 Å². The van der Waals surface area contributed by atoms with Gasteiger partial charge in [-0.15, -0.1) is 0 Å². The highest BCUT2D eigenvalue weighted by Crippen LogP contribution is 2.24. The third kappa shape index (κ3) is 2.46. The summed E-state index contributed by atoms with van der Waals surface area (Å²) in [5.41, 5.74) is 11.9. The van der Waals surface area contributed by atoms with Crippen LogP contribution in [-0.4, -0.2) is 29.0 Å². The second-order valence-electron chi connectivity index (χ2n) is 4.42. The molecule has 0 radical (unpaired) electrons. The van der Waals surface area contributed by atoms with E-state index in [-0.39, 0.29) is 17.8 Å². The van der Waals surface area contributed by atoms with Crippen molar-refractivity contribution >= 4 is 17.7 Å². The number of aromatic nitrogens is 2. The molecule has 1 fully saturated rings. The molecule has 2 heterocycles. The van der Waals surface area contributed by atoms with Crippen molar-refractivity contribution in [2.45, 2.75) is 19.8 Å². The van der Waals surface area contributed by atoms with Crippen LogP contribution in [0.1, 0.15) is 18.4 Å². The Kier molecular flexibility index (Phi) is 3.12. The fourth-order valence-corrected chi connectivity index (χ4v) is 2.17. The molecule has 0 spiro atoms. The lowest BCUT2D eigenvalue weighted by Gasteiger charge is -2.32. The molecule has 4 N–H and O–H groups in total. The number of carbonyl (C=O) groups is 1. The van der Waals surface area contributed by atoms with Crippen molar-refractivity contribution in [1.82, 2.24) is 9.97 Å². The highest BCUT2D eigenvalue weighted by atomic mass is 16.1. The third-order valence-corrected chi connectivity index (χ3v) is 3.09. The predicted molar refractivity (Wildman–Crippen MR) is 65.3 cm³/mol. The zero-order chi connectivity index (χ0) is 12.4. The number of nitrogens with zero attached hydrogens (tertiary/aromatic N) is 3. The lowest BCUT2D eigenvalue weighted by Crippen LogP contribution is -2.41. The largest absolute Gasteiger partial charge is 0.369 e. The Balaban J connectivity index is 2.21. The van der Waals surface area contributed by atoms with Crippen LogP contribution in [0, 0.1) is 12.8 Å². The second kappa shape index (κ2) is 4.57. The molecule has 92 valence electrons. The summed E-state index contributed by atoms with van der Waals surface area (Å²) in [5.74, 6) is 0.726. The topological polar surface area (TPSA) is 98.1 Å². The van der Waals surface area contributed by atoms with Gasteiger partial charge in [-0.3, -0.25) is 4.79 Å². The average molecular weight is 235 g/mol. The molecule has 0 aromatic carbocycles. The van der Waals surface area contributed by atoms with E-state index >= 15 is 0 Å². The molecule has 1 atom stereocenters. The summed E-state index contributed by atoms with van der Waals surface area (Å²) in [6, 6.07) is 0. The van der Waals surface area contributed by atoms with Crippen LogP contribution >= 0.6 is 0 Å². The van der Waals surface area contributed by atoms with Crippen molar-refractivity contribution in [2.24, 2.45) is 11.7 Å². The number of amides is 1. The summed E-state index contributed by atoms with van der Waals surface area (Å²) in [6.45, 7) is 3.43. The second-order valence-corrected chi connectivity index (χ2v) is 4.42. The van der Waals surface area contributed by atoms with Gasteiger partial charge in [0.1, 0.15) is 5.82 Å². The van der Waals surface area contributed by atoms with E-state index in [9.17, 15) is 4.79 Å². The molecule has 0 bridgehead atoms. The molecule has 2 rings (SSSR count). The van der Waals surface area contributed by atoms with E-state index in [1.165, 1.54) is 0 Å². The highest BCUT2D eigenvalue weighted by Gasteiger charge is 2.25. The number of hydrogen-bond acceptors (Lipinski definition) is 5. The Morgan fingerprint density at radius 1 is 1.59 bits per heavy atom. The molecule has 6 heteroatoms. The Morgan fingerprint density at radius 3 is 3.06 bits per heavy atom. The summed E-state index contributed by atoms with van der Waals surface area (Å²) < 4.78 is 0. The Labute approximate surface area is 100 Å². The summed E-state index contributed by atoms with van der Waals surface area (Å²) in [4.78, 5) is 21.5. The first-order valence-electron chi connectivity index (χ1n) is 5.71. The first kappa shape index (κ1) is 11.6. The van der Waals surface area contributed by atoms with Gasteiger partial charge in [0, 0.05) is 24.8 Å². The molecule has 1 aromatic heterocycles. The SMILES string of the molecule is Cc1cnc(N)nc1N1CCCC(C(N)=O)C1. The molecule has 1 amide bonds. The molecule has 1 aliphatic rings. The van der Waals surface area contributed by atoms with E-state index in [0.29, 0.717) is 6.54 Å². The fourth-order valence-electron chi connectivity index (χ4n) is 2.17. The van der Waals surface area contributed by atoms with Crippen LogP contribution in [0.3, 0.4) is 0 Å². The number of anilines is 2. The summed E-state index contributed by atoms with van der Waals surface area (Å²) >= 11 is 0. The van der Waals surface area contributed by atoms with Gasteiger partial charge in [-0.2, -0.15) is 4.98 Å². The van der Waals surface area contributed by atoms with E-state index in [4.69, 9.17) is 11.5 Å². The van der Waals surface area contributed by atoms with Gasteiger partial charge < -0.3 is 16.4 Å². The van der Waals surface area contributed by atoms with Gasteiger partial charge in [-0.25, -0.2) is 4.98 Å². The average Bonchev–Trinajstić information content (AvgIpc) is 2.32. The lowest BCUT2D eigenvalue weighted by atomic mass is 9.97. The molecule has 17 heavy (non-hydrogen) atoms. The normalized spacial score (nSPS) is 20.3. The maximum atomic E-state index is 11.2. The zero-order valence-electron chi connectivity index (χ0n) is 9.89. The van der Waals surface area contributed by atoms with Crippen LogP contribution in [0.2, 0.25) is 0 Å². The summed E-state index contributed by atoms with van der Waals surface area (Å²) in [5, 5.41) is 0. The van der Waals surface area contributed by atoms with E-state index in [1.54, 1.807) is 6.20 Å². The molecular weight excluding hydrogens is 218 g/mol. The van der Waals surface area contributed by atoms with Crippen LogP contribution in [-0.2, 0) is 4.79 Å². The van der Waals surface area contributed by atoms with E-state index < -0.39 is 0 Å². The van der Waals surface area contributed by atoms with Crippen LogP contribution in [0.5, 0.6) is 0 Å². The van der Waals surface area contributed by atoms with Crippen molar-refractivity contribution in [2.75, 3.05) is 23.7 Å². The number of nitrogen functional groups attached to an aromatic ring is 1. The highest BCUT2D eigenvalue weighted by molar-refractivity contribution is 5.77. The Morgan fingerprint density at radius 2 is 2.35 bits per heavy atom. The molecule has 0 aliphatic carbocycles. The maximum absolute atomic E-state index is 11.2. The van der Waals surface area contributed by atoms with Gasteiger partial charge in [0.2, 0.25) is 11.9 Å². The summed E-state index contributed by atoms with van der Waals surface area (Å²) in [6.07, 6.45) is 3.49. The maximum Gasteiger partial charge on any atom is 0.222 e. The number of nitrogens with two attached hydrogens (primary N) is 2. The Hall–Kier alpha value is -1.85. The van der Waals surface area contributed by atoms with E-state index in [2.05, 4.69) is 14.9 Å². The molecule has 1 saturated heterocycles. The molecule has 6 nitrogen and oxygen atoms in total. The fraction of sp³-hybridized carbons (Fsp3) is 0.545. The molecule has 1 unspecified atom stereocenters. The van der Waals surface area contributed by atoms with Crippen molar-refractivity contribution in [3.63, 3.8) is 0 Å². The van der Waals surface area contributed by atoms with Gasteiger partial charge in [-0.05, 0) is 19.8 Å². The van der Waals surface area contributed by atoms with Gasteiger partial charge >= 0.3 is 0 Å². The number of carbonyl (C=O) groups excluding carboxylic acids is 1. The van der Waals surface area contributed by atoms with Gasteiger partial charge in [0.15, 0.2) is 0 Å². The van der Waals surface area contributed by atoms with Crippen molar-refractivity contribution in [3.8, 4) is 0 Å². The number of piperidine rings is 1. The third-order valence-electron chi connectivity index (χ3n) is 3.09. The van der Waals surface area contributed by atoms with Crippen LogP contribution in [0.4, 0.5) is 11.8 Å². The minimum Gasteiger partial charge on any atom is -0.369 e. The number of aryl methyl sites for hydroxylation is 1. The number of hydrogen-bond donors (Lipinski definition) is 2. The van der Waals surface area contributed by atoms with E-state index in [0.717, 1.165) is 30.8 Å². The van der Waals surface area contributed by atoms with Crippen LogP contribution in [0.15, 0.2) is 6.20 Å².